The summed E-state index contributed by atoms with van der Waals surface area (Å²) in [6.07, 6.45) is 0.561. The topological polar surface area (TPSA) is 124 Å². The van der Waals surface area contributed by atoms with Gasteiger partial charge < -0.3 is 15.9 Å². The van der Waals surface area contributed by atoms with Gasteiger partial charge in [-0.05, 0) is 38.4 Å². The van der Waals surface area contributed by atoms with E-state index in [2.05, 4.69) is 4.90 Å². The number of rotatable bonds is 8. The Labute approximate surface area is 188 Å². The minimum absolute atomic E-state index is 0.00866. The molecule has 4 rings (SSSR count). The fourth-order valence-electron chi connectivity index (χ4n) is 4.21. The number of Topliss-reactive ketones (excluding diaryl/α,β-unsaturated/α-hetero) is 1. The van der Waals surface area contributed by atoms with Gasteiger partial charge in [-0.3, -0.25) is 19.4 Å². The van der Waals surface area contributed by atoms with Crippen LogP contribution in [0.1, 0.15) is 30.1 Å². The van der Waals surface area contributed by atoms with Crippen molar-refractivity contribution >= 4 is 46.9 Å². The van der Waals surface area contributed by atoms with Crippen LogP contribution in [0.4, 0.5) is 5.69 Å². The first-order valence-electron chi connectivity index (χ1n) is 10.2. The van der Waals surface area contributed by atoms with Crippen LogP contribution in [0.15, 0.2) is 34.2 Å². The Morgan fingerprint density at radius 2 is 2.16 bits per heavy atom. The molecule has 0 bridgehead atoms. The Hall–Kier alpha value is -2.01. The number of benzene rings is 1. The van der Waals surface area contributed by atoms with Crippen molar-refractivity contribution in [2.45, 2.75) is 36.5 Å². The Balaban J connectivity index is 1.38. The summed E-state index contributed by atoms with van der Waals surface area (Å²) in [5.41, 5.74) is 6.96. The third-order valence-electron chi connectivity index (χ3n) is 5.69. The summed E-state index contributed by atoms with van der Waals surface area (Å²) in [6, 6.07) is 6.93. The molecule has 0 saturated carbocycles. The van der Waals surface area contributed by atoms with Gasteiger partial charge in [0.1, 0.15) is 0 Å². The second-order valence-electron chi connectivity index (χ2n) is 8.16. The van der Waals surface area contributed by atoms with E-state index in [1.165, 1.54) is 28.4 Å². The number of carbonyl (C=O) groups is 3. The average molecular weight is 464 g/mol. The fraction of sp³-hybridized carbons (Fsp3) is 0.476. The number of aliphatic hydroxyl groups is 1. The number of likely N-dealkylation sites (tertiary alicyclic amines) is 1. The number of carbonyl (C=O) groups excluding carboxylic acids is 2. The van der Waals surface area contributed by atoms with E-state index in [0.29, 0.717) is 35.0 Å². The molecule has 0 aromatic heterocycles. The summed E-state index contributed by atoms with van der Waals surface area (Å²) >= 11 is 2.89. The number of carboxylic acids is 1. The quantitative estimate of drug-likeness (QED) is 0.301. The molecule has 0 aliphatic carbocycles. The highest BCUT2D eigenvalue weighted by atomic mass is 32.2. The molecule has 2 fully saturated rings. The number of carboxylic acid groups (broad SMARTS) is 1. The predicted octanol–water partition coefficient (Wildman–Crippen LogP) is 1.81. The number of anilines is 1. The third-order valence-corrected chi connectivity index (χ3v) is 8.58. The maximum Gasteiger partial charge on any atom is 0.354 e. The van der Waals surface area contributed by atoms with Gasteiger partial charge in [-0.15, -0.1) is 11.8 Å². The number of fused-ring (bicyclic) bond motifs is 1. The molecular formula is C21H25N3O5S2. The predicted molar refractivity (Wildman–Crippen MR) is 120 cm³/mol. The van der Waals surface area contributed by atoms with Gasteiger partial charge in [0.2, 0.25) is 5.91 Å². The number of ketones is 1. The second-order valence-corrected chi connectivity index (χ2v) is 10.9. The standard InChI is InChI=1S/C21H25N3O5S2/c1-11(25)7-15-18(27)24-17(20(28)29)21(31-19(15)24)30-14-5-6-23(9-14)10-16(26)12-3-2-4-13(22)8-12/h2-4,8,11,14-15,19,25H,5-7,9-10,22H2,1H3,(H,28,29)/t11-,14-,15+,19+/m0/s1. The largest absolute Gasteiger partial charge is 0.477 e. The van der Waals surface area contributed by atoms with Crippen molar-refractivity contribution in [3.63, 3.8) is 0 Å². The van der Waals surface area contributed by atoms with Gasteiger partial charge >= 0.3 is 5.97 Å². The Kier molecular flexibility index (Phi) is 6.34. The minimum atomic E-state index is -1.10. The highest BCUT2D eigenvalue weighted by Crippen LogP contribution is 2.55. The molecule has 1 aromatic rings. The molecule has 1 aromatic carbocycles. The maximum atomic E-state index is 12.5. The molecule has 3 aliphatic rings. The second kappa shape index (κ2) is 8.85. The molecule has 0 unspecified atom stereocenters. The molecule has 4 N–H and O–H groups in total. The van der Waals surface area contributed by atoms with E-state index >= 15 is 0 Å². The van der Waals surface area contributed by atoms with Crippen LogP contribution in [0.5, 0.6) is 0 Å². The molecule has 166 valence electrons. The molecule has 3 aliphatic heterocycles. The molecule has 10 heteroatoms. The van der Waals surface area contributed by atoms with Crippen LogP contribution in [0, 0.1) is 5.92 Å². The zero-order valence-electron chi connectivity index (χ0n) is 17.1. The van der Waals surface area contributed by atoms with Crippen molar-refractivity contribution in [2.75, 3.05) is 25.4 Å². The number of aliphatic hydroxyl groups excluding tert-OH is 1. The highest BCUT2D eigenvalue weighted by molar-refractivity contribution is 8.23. The summed E-state index contributed by atoms with van der Waals surface area (Å²) in [5.74, 6) is -1.68. The first-order valence-corrected chi connectivity index (χ1v) is 11.9. The van der Waals surface area contributed by atoms with Crippen molar-refractivity contribution in [3.05, 3.63) is 39.8 Å². The average Bonchev–Trinajstić information content (AvgIpc) is 3.28. The Bertz CT molecular complexity index is 951. The van der Waals surface area contributed by atoms with Crippen LogP contribution < -0.4 is 5.73 Å². The molecule has 31 heavy (non-hydrogen) atoms. The van der Waals surface area contributed by atoms with Crippen molar-refractivity contribution < 1.29 is 24.6 Å². The van der Waals surface area contributed by atoms with E-state index in [1.807, 2.05) is 0 Å². The van der Waals surface area contributed by atoms with Gasteiger partial charge in [-0.25, -0.2) is 4.79 Å². The van der Waals surface area contributed by atoms with E-state index in [4.69, 9.17) is 5.73 Å². The number of nitrogen functional groups attached to an aromatic ring is 1. The highest BCUT2D eigenvalue weighted by Gasteiger charge is 2.56. The molecular weight excluding hydrogens is 438 g/mol. The van der Waals surface area contributed by atoms with Crippen LogP contribution >= 0.6 is 23.5 Å². The first kappa shape index (κ1) is 22.2. The molecule has 2 saturated heterocycles. The van der Waals surface area contributed by atoms with Crippen molar-refractivity contribution in [2.24, 2.45) is 5.92 Å². The van der Waals surface area contributed by atoms with Crippen LogP contribution in [0.25, 0.3) is 0 Å². The fourth-order valence-corrected chi connectivity index (χ4v) is 7.47. The van der Waals surface area contributed by atoms with E-state index < -0.39 is 12.1 Å². The monoisotopic (exact) mass is 463 g/mol. The van der Waals surface area contributed by atoms with Crippen molar-refractivity contribution in [3.8, 4) is 0 Å². The number of nitrogens with zero attached hydrogens (tertiary/aromatic N) is 2. The van der Waals surface area contributed by atoms with Crippen LogP contribution in [0.2, 0.25) is 0 Å². The number of amides is 1. The Morgan fingerprint density at radius 1 is 1.39 bits per heavy atom. The third kappa shape index (κ3) is 4.48. The van der Waals surface area contributed by atoms with Gasteiger partial charge in [0.25, 0.3) is 0 Å². The number of aliphatic carboxylic acids is 1. The van der Waals surface area contributed by atoms with Crippen LogP contribution in [-0.4, -0.2) is 74.0 Å². The summed E-state index contributed by atoms with van der Waals surface area (Å²) in [4.78, 5) is 40.3. The lowest BCUT2D eigenvalue weighted by molar-refractivity contribution is -0.152. The smallest absolute Gasteiger partial charge is 0.354 e. The van der Waals surface area contributed by atoms with Crippen LogP contribution in [0.3, 0.4) is 0 Å². The SMILES string of the molecule is C[C@H](O)C[C@@H]1C(=O)N2C(C(=O)O)=C(S[C@H]3CCN(CC(=O)c4cccc(N)c4)C3)S[C@H]12. The normalized spacial score (nSPS) is 26.7. The lowest BCUT2D eigenvalue weighted by atomic mass is 9.91. The van der Waals surface area contributed by atoms with E-state index in [1.54, 1.807) is 31.2 Å². The van der Waals surface area contributed by atoms with Gasteiger partial charge in [-0.1, -0.05) is 23.9 Å². The van der Waals surface area contributed by atoms with Gasteiger partial charge in [0.15, 0.2) is 11.5 Å². The summed E-state index contributed by atoms with van der Waals surface area (Å²) in [7, 11) is 0. The number of β-lactam (4-membered cyclic amide) rings is 1. The minimum Gasteiger partial charge on any atom is -0.477 e. The van der Waals surface area contributed by atoms with Crippen molar-refractivity contribution in [1.82, 2.24) is 9.80 Å². The first-order chi connectivity index (χ1) is 14.7. The van der Waals surface area contributed by atoms with Gasteiger partial charge in [0, 0.05) is 23.0 Å². The van der Waals surface area contributed by atoms with Crippen molar-refractivity contribution in [1.29, 1.82) is 0 Å². The zero-order valence-corrected chi connectivity index (χ0v) is 18.7. The molecule has 0 spiro atoms. The molecule has 8 nitrogen and oxygen atoms in total. The molecule has 1 amide bonds. The zero-order chi connectivity index (χ0) is 22.3. The molecule has 3 heterocycles. The summed E-state index contributed by atoms with van der Waals surface area (Å²) in [6.45, 7) is 3.35. The molecule has 0 radical (unpaired) electrons. The molecule has 4 atom stereocenters. The van der Waals surface area contributed by atoms with E-state index in [9.17, 15) is 24.6 Å². The number of thioether (sulfide) groups is 2. The van der Waals surface area contributed by atoms with Gasteiger partial charge in [-0.2, -0.15) is 0 Å². The number of hydrogen-bond donors (Lipinski definition) is 3. The lowest BCUT2D eigenvalue weighted by Gasteiger charge is -2.42. The van der Waals surface area contributed by atoms with Gasteiger partial charge in [0.05, 0.1) is 28.2 Å². The summed E-state index contributed by atoms with van der Waals surface area (Å²) < 4.78 is 0.646. The van der Waals surface area contributed by atoms with E-state index in [0.717, 1.165) is 13.0 Å². The maximum absolute atomic E-state index is 12.5. The summed E-state index contributed by atoms with van der Waals surface area (Å²) in [5, 5.41) is 19.2. The Morgan fingerprint density at radius 3 is 2.84 bits per heavy atom. The lowest BCUT2D eigenvalue weighted by Crippen LogP contribution is -2.57. The van der Waals surface area contributed by atoms with Crippen LogP contribution in [-0.2, 0) is 9.59 Å². The number of hydrogen-bond acceptors (Lipinski definition) is 8. The van der Waals surface area contributed by atoms with E-state index in [-0.39, 0.29) is 33.9 Å². The number of nitrogens with two attached hydrogens (primary N) is 1.